The van der Waals surface area contributed by atoms with Crippen LogP contribution in [0.2, 0.25) is 0 Å². The van der Waals surface area contributed by atoms with Gasteiger partial charge in [0.25, 0.3) is 0 Å². The number of Topliss-reactive ketones (excluding diaryl/α,β-unsaturated/α-hetero) is 1. The quantitative estimate of drug-likeness (QED) is 0.306. The van der Waals surface area contributed by atoms with Gasteiger partial charge in [0.2, 0.25) is 5.75 Å². The number of nitrogens with one attached hydrogen (secondary N) is 2. The molecule has 0 aromatic heterocycles. The summed E-state index contributed by atoms with van der Waals surface area (Å²) < 4.78 is 21.0. The minimum Gasteiger partial charge on any atom is -0.493 e. The second kappa shape index (κ2) is 14.4. The Kier molecular flexibility index (Phi) is 10.9. The third-order valence-corrected chi connectivity index (χ3v) is 6.13. The van der Waals surface area contributed by atoms with Gasteiger partial charge in [-0.05, 0) is 36.7 Å². The number of nitrogens with zero attached hydrogens (tertiary/aromatic N) is 1. The second-order valence-corrected chi connectivity index (χ2v) is 8.59. The molecule has 0 amide bonds. The first-order chi connectivity index (χ1) is 17.9. The molecule has 11 heteroatoms. The normalized spacial score (nSPS) is 20.2. The van der Waals surface area contributed by atoms with E-state index in [4.69, 9.17) is 23.8 Å². The third-order valence-electron chi connectivity index (χ3n) is 6.13. The number of methoxy groups -OCH3 is 3. The van der Waals surface area contributed by atoms with Crippen LogP contribution in [0.15, 0.2) is 30.4 Å². The average molecular weight is 518 g/mol. The van der Waals surface area contributed by atoms with E-state index in [0.717, 1.165) is 30.7 Å². The lowest BCUT2D eigenvalue weighted by atomic mass is 9.96. The summed E-state index contributed by atoms with van der Waals surface area (Å²) in [7, 11) is 4.58. The standard InChI is InChI=1S/C26H35N3O8/c1-33-22-13-18(14-23(34-2)26(22)35-3)5-4-12-36-24(31)6-7-25(32)37-29-11-10-28-17-20(29)15-21(30)19-8-9-27-16-19/h4-7,13-14,19-20,27-28H,8-12,15-17H2,1-3H3/b5-4+,7-6-. The fourth-order valence-electron chi connectivity index (χ4n) is 4.21. The smallest absolute Gasteiger partial charge is 0.349 e. The highest BCUT2D eigenvalue weighted by Crippen LogP contribution is 2.38. The molecular weight excluding hydrogens is 482 g/mol. The summed E-state index contributed by atoms with van der Waals surface area (Å²) in [4.78, 5) is 42.2. The molecule has 0 spiro atoms. The first-order valence-corrected chi connectivity index (χ1v) is 12.2. The zero-order valence-electron chi connectivity index (χ0n) is 21.5. The lowest BCUT2D eigenvalue weighted by Gasteiger charge is -2.34. The van der Waals surface area contributed by atoms with Gasteiger partial charge in [0.05, 0.1) is 27.4 Å². The van der Waals surface area contributed by atoms with Crippen molar-refractivity contribution in [2.45, 2.75) is 18.9 Å². The van der Waals surface area contributed by atoms with Crippen molar-refractivity contribution >= 4 is 23.8 Å². The SMILES string of the molecule is COc1cc(/C=C/COC(=O)/C=C\C(=O)ON2CCNCC2CC(=O)C2CCNC2)cc(OC)c1OC. The van der Waals surface area contributed by atoms with Crippen molar-refractivity contribution in [1.29, 1.82) is 0 Å². The molecule has 2 aliphatic heterocycles. The van der Waals surface area contributed by atoms with Crippen molar-refractivity contribution in [3.63, 3.8) is 0 Å². The first kappa shape index (κ1) is 28.2. The number of piperazine rings is 1. The van der Waals surface area contributed by atoms with Gasteiger partial charge in [-0.15, -0.1) is 5.06 Å². The van der Waals surface area contributed by atoms with Crippen molar-refractivity contribution in [3.8, 4) is 17.2 Å². The molecule has 202 valence electrons. The zero-order valence-corrected chi connectivity index (χ0v) is 21.5. The highest BCUT2D eigenvalue weighted by molar-refractivity contribution is 5.91. The molecule has 1 aromatic carbocycles. The highest BCUT2D eigenvalue weighted by Gasteiger charge is 2.31. The molecule has 2 saturated heterocycles. The van der Waals surface area contributed by atoms with Gasteiger partial charge < -0.3 is 34.4 Å². The van der Waals surface area contributed by atoms with Crippen LogP contribution in [0.25, 0.3) is 6.08 Å². The van der Waals surface area contributed by atoms with Crippen molar-refractivity contribution in [2.24, 2.45) is 5.92 Å². The first-order valence-electron chi connectivity index (χ1n) is 12.2. The van der Waals surface area contributed by atoms with Crippen molar-refractivity contribution < 1.29 is 38.2 Å². The molecule has 0 aliphatic carbocycles. The van der Waals surface area contributed by atoms with Gasteiger partial charge in [-0.2, -0.15) is 0 Å². The van der Waals surface area contributed by atoms with Crippen LogP contribution >= 0.6 is 0 Å². The van der Waals surface area contributed by atoms with Crippen LogP contribution in [0, 0.1) is 5.92 Å². The van der Waals surface area contributed by atoms with Crippen LogP contribution in [0.3, 0.4) is 0 Å². The lowest BCUT2D eigenvalue weighted by molar-refractivity contribution is -0.200. The molecule has 0 radical (unpaired) electrons. The number of hydrogen-bond acceptors (Lipinski definition) is 11. The summed E-state index contributed by atoms with van der Waals surface area (Å²) in [6.07, 6.45) is 6.56. The molecule has 2 N–H and O–H groups in total. The lowest BCUT2D eigenvalue weighted by Crippen LogP contribution is -2.52. The van der Waals surface area contributed by atoms with Gasteiger partial charge in [0.15, 0.2) is 11.5 Å². The number of benzene rings is 1. The Hall–Kier alpha value is -3.41. The van der Waals surface area contributed by atoms with E-state index < -0.39 is 11.9 Å². The maximum Gasteiger partial charge on any atom is 0.349 e. The average Bonchev–Trinajstić information content (AvgIpc) is 3.46. The molecule has 0 bridgehead atoms. The number of esters is 1. The molecule has 2 aliphatic rings. The van der Waals surface area contributed by atoms with E-state index in [1.165, 1.54) is 26.4 Å². The van der Waals surface area contributed by atoms with Crippen LogP contribution in [0.4, 0.5) is 0 Å². The number of carbonyl (C=O) groups is 3. The Bertz CT molecular complexity index is 979. The third kappa shape index (κ3) is 8.31. The minimum absolute atomic E-state index is 0.00706. The molecule has 37 heavy (non-hydrogen) atoms. The van der Waals surface area contributed by atoms with E-state index in [2.05, 4.69) is 10.6 Å². The number of hydroxylamine groups is 2. The van der Waals surface area contributed by atoms with E-state index in [-0.39, 0.29) is 24.3 Å². The number of hydrogen-bond donors (Lipinski definition) is 2. The predicted octanol–water partition coefficient (Wildman–Crippen LogP) is 1.13. The molecule has 0 saturated carbocycles. The molecule has 2 unspecified atom stereocenters. The maximum absolute atomic E-state index is 12.5. The van der Waals surface area contributed by atoms with Crippen LogP contribution in [-0.2, 0) is 24.0 Å². The van der Waals surface area contributed by atoms with E-state index in [1.54, 1.807) is 24.3 Å². The maximum atomic E-state index is 12.5. The second-order valence-electron chi connectivity index (χ2n) is 8.59. The van der Waals surface area contributed by atoms with Gasteiger partial charge in [0, 0.05) is 50.7 Å². The monoisotopic (exact) mass is 517 g/mol. The molecule has 1 aromatic rings. The Morgan fingerprint density at radius 3 is 2.32 bits per heavy atom. The van der Waals surface area contributed by atoms with Crippen LogP contribution in [0.5, 0.6) is 17.2 Å². The fourth-order valence-corrected chi connectivity index (χ4v) is 4.21. The summed E-state index contributed by atoms with van der Waals surface area (Å²) in [5.74, 6) is 0.281. The van der Waals surface area contributed by atoms with Gasteiger partial charge in [0.1, 0.15) is 12.4 Å². The largest absolute Gasteiger partial charge is 0.493 e. The molecule has 2 atom stereocenters. The molecule has 11 nitrogen and oxygen atoms in total. The van der Waals surface area contributed by atoms with Gasteiger partial charge in [-0.1, -0.05) is 6.08 Å². The highest BCUT2D eigenvalue weighted by atomic mass is 16.7. The molecule has 2 heterocycles. The van der Waals surface area contributed by atoms with E-state index >= 15 is 0 Å². The van der Waals surface area contributed by atoms with Gasteiger partial charge in [-0.25, -0.2) is 9.59 Å². The molecule has 3 rings (SSSR count). The summed E-state index contributed by atoms with van der Waals surface area (Å²) in [5, 5.41) is 7.94. The van der Waals surface area contributed by atoms with E-state index in [9.17, 15) is 14.4 Å². The number of ether oxygens (including phenoxy) is 4. The minimum atomic E-state index is -0.702. The Morgan fingerprint density at radius 1 is 0.973 bits per heavy atom. The topological polar surface area (TPSA) is 125 Å². The fraction of sp³-hybridized carbons (Fsp3) is 0.500. The van der Waals surface area contributed by atoms with E-state index in [1.807, 2.05) is 0 Å². The Labute approximate surface area is 216 Å². The number of carbonyl (C=O) groups excluding carboxylic acids is 3. The summed E-state index contributed by atoms with van der Waals surface area (Å²) in [6, 6.07) is 3.28. The summed E-state index contributed by atoms with van der Waals surface area (Å²) in [6.45, 7) is 3.17. The van der Waals surface area contributed by atoms with Gasteiger partial charge >= 0.3 is 11.9 Å². The molecule has 2 fully saturated rings. The number of rotatable bonds is 12. The number of ketones is 1. The summed E-state index contributed by atoms with van der Waals surface area (Å²) >= 11 is 0. The predicted molar refractivity (Wildman–Crippen MR) is 135 cm³/mol. The Morgan fingerprint density at radius 2 is 1.68 bits per heavy atom. The summed E-state index contributed by atoms with van der Waals surface area (Å²) in [5.41, 5.74) is 0.762. The van der Waals surface area contributed by atoms with Crippen LogP contribution in [-0.4, -0.2) is 89.5 Å². The zero-order chi connectivity index (χ0) is 26.6. The van der Waals surface area contributed by atoms with Crippen LogP contribution in [0.1, 0.15) is 18.4 Å². The van der Waals surface area contributed by atoms with Crippen molar-refractivity contribution in [2.75, 3.05) is 60.7 Å². The van der Waals surface area contributed by atoms with Gasteiger partial charge in [-0.3, -0.25) is 4.79 Å². The van der Waals surface area contributed by atoms with Crippen molar-refractivity contribution in [3.05, 3.63) is 35.9 Å². The molecular formula is C26H35N3O8. The van der Waals surface area contributed by atoms with E-state index in [0.29, 0.717) is 49.8 Å². The van der Waals surface area contributed by atoms with Crippen molar-refractivity contribution in [1.82, 2.24) is 15.7 Å². The van der Waals surface area contributed by atoms with Crippen LogP contribution < -0.4 is 24.8 Å². The Balaban J connectivity index is 1.45.